The van der Waals surface area contributed by atoms with Crippen molar-refractivity contribution in [3.05, 3.63) is 71.8 Å². The summed E-state index contributed by atoms with van der Waals surface area (Å²) in [7, 11) is 0. The minimum Gasteiger partial charge on any atom is -0.337 e. The quantitative estimate of drug-likeness (QED) is 0.718. The lowest BCUT2D eigenvalue weighted by molar-refractivity contribution is 0.0777. The summed E-state index contributed by atoms with van der Waals surface area (Å²) in [6, 6.07) is 11.0. The van der Waals surface area contributed by atoms with Crippen LogP contribution in [0.5, 0.6) is 0 Å². The zero-order valence-corrected chi connectivity index (χ0v) is 16.0. The minimum absolute atomic E-state index is 0.0789. The average Bonchev–Trinajstić information content (AvgIpc) is 3.35. The van der Waals surface area contributed by atoms with E-state index >= 15 is 0 Å². The molecule has 0 saturated carbocycles. The molecule has 1 fully saturated rings. The van der Waals surface area contributed by atoms with Crippen molar-refractivity contribution in [3.63, 3.8) is 0 Å². The van der Waals surface area contributed by atoms with Crippen LogP contribution in [0.2, 0.25) is 0 Å². The minimum atomic E-state index is -0.433. The molecule has 2 aliphatic heterocycles. The number of pyridine rings is 1. The van der Waals surface area contributed by atoms with Crippen molar-refractivity contribution in [2.75, 3.05) is 18.4 Å². The van der Waals surface area contributed by atoms with Crippen LogP contribution < -0.4 is 5.32 Å². The molecule has 1 N–H and O–H groups in total. The lowest BCUT2D eigenvalue weighted by atomic mass is 9.89. The molecule has 1 saturated heterocycles. The van der Waals surface area contributed by atoms with Gasteiger partial charge in [-0.05, 0) is 42.2 Å². The molecule has 8 nitrogen and oxygen atoms in total. The first-order valence-corrected chi connectivity index (χ1v) is 9.78. The molecule has 0 aliphatic carbocycles. The third-order valence-corrected chi connectivity index (χ3v) is 5.72. The van der Waals surface area contributed by atoms with E-state index in [2.05, 4.69) is 20.5 Å². The Hall–Kier alpha value is -3.62. The number of nitrogens with one attached hydrogen (secondary N) is 1. The van der Waals surface area contributed by atoms with Gasteiger partial charge in [-0.3, -0.25) is 14.6 Å². The smallest absolute Gasteiger partial charge is 0.293 e. The van der Waals surface area contributed by atoms with Gasteiger partial charge in [-0.2, -0.15) is 0 Å². The first-order chi connectivity index (χ1) is 14.6. The fourth-order valence-electron chi connectivity index (χ4n) is 4.26. The fraction of sp³-hybridized carbons (Fsp3) is 0.286. The van der Waals surface area contributed by atoms with E-state index in [1.807, 2.05) is 9.47 Å². The van der Waals surface area contributed by atoms with Gasteiger partial charge < -0.3 is 14.8 Å². The highest BCUT2D eigenvalue weighted by molar-refractivity contribution is 6.01. The third kappa shape index (κ3) is 3.32. The van der Waals surface area contributed by atoms with Crippen LogP contribution in [0.3, 0.4) is 0 Å². The van der Waals surface area contributed by atoms with Crippen molar-refractivity contribution in [3.8, 4) is 0 Å². The summed E-state index contributed by atoms with van der Waals surface area (Å²) in [5.74, 6) is 0.468. The number of aromatic nitrogens is 4. The Morgan fingerprint density at radius 3 is 2.70 bits per heavy atom. The molecule has 0 bridgehead atoms. The number of carbonyl (C=O) groups is 2. The van der Waals surface area contributed by atoms with E-state index < -0.39 is 11.7 Å². The molecular formula is C21H19FN6O2. The molecule has 4 heterocycles. The molecule has 2 amide bonds. The fourth-order valence-corrected chi connectivity index (χ4v) is 4.26. The monoisotopic (exact) mass is 406 g/mol. The first-order valence-electron chi connectivity index (χ1n) is 9.78. The number of hydrogen-bond acceptors (Lipinski definition) is 5. The van der Waals surface area contributed by atoms with Crippen molar-refractivity contribution < 1.29 is 14.0 Å². The molecule has 0 spiro atoms. The van der Waals surface area contributed by atoms with Gasteiger partial charge in [0, 0.05) is 37.9 Å². The van der Waals surface area contributed by atoms with E-state index in [0.717, 1.165) is 5.82 Å². The number of carbonyl (C=O) groups excluding carboxylic acids is 2. The molecule has 3 aromatic rings. The number of likely N-dealkylation sites (tertiary alicyclic amines) is 1. The van der Waals surface area contributed by atoms with E-state index in [-0.39, 0.29) is 23.6 Å². The summed E-state index contributed by atoms with van der Waals surface area (Å²) in [5.41, 5.74) is 0.796. The van der Waals surface area contributed by atoms with Gasteiger partial charge in [0.2, 0.25) is 5.82 Å². The number of nitrogens with zero attached hydrogens (tertiary/aromatic N) is 5. The topological polar surface area (TPSA) is 93.0 Å². The Kier molecular flexibility index (Phi) is 4.50. The standard InChI is InChI=1S/C21H19FN6O2/c22-15-4-3-5-16(9-15)24-20(29)19-26-25-18-8-13-10-27(11-14(13)12-28(18)19)21(30)17-6-1-2-7-23-17/h1-7,9,13-14H,8,10-12H2,(H,24,29). The van der Waals surface area contributed by atoms with Crippen molar-refractivity contribution in [2.45, 2.75) is 13.0 Å². The number of amides is 2. The van der Waals surface area contributed by atoms with Crippen molar-refractivity contribution >= 4 is 17.5 Å². The van der Waals surface area contributed by atoms with Gasteiger partial charge >= 0.3 is 0 Å². The number of halogens is 1. The maximum absolute atomic E-state index is 13.4. The molecule has 1 aromatic carbocycles. The third-order valence-electron chi connectivity index (χ3n) is 5.72. The van der Waals surface area contributed by atoms with Gasteiger partial charge in [0.15, 0.2) is 0 Å². The summed E-state index contributed by atoms with van der Waals surface area (Å²) in [5, 5.41) is 10.9. The zero-order valence-electron chi connectivity index (χ0n) is 16.0. The molecule has 2 aromatic heterocycles. The highest BCUT2D eigenvalue weighted by Crippen LogP contribution is 2.33. The van der Waals surface area contributed by atoms with E-state index in [1.54, 1.807) is 30.5 Å². The van der Waals surface area contributed by atoms with Gasteiger partial charge in [0.1, 0.15) is 17.3 Å². The summed E-state index contributed by atoms with van der Waals surface area (Å²) >= 11 is 0. The van der Waals surface area contributed by atoms with Gasteiger partial charge in [-0.15, -0.1) is 10.2 Å². The highest BCUT2D eigenvalue weighted by Gasteiger charge is 2.41. The average molecular weight is 406 g/mol. The van der Waals surface area contributed by atoms with Crippen LogP contribution in [-0.2, 0) is 13.0 Å². The highest BCUT2D eigenvalue weighted by atomic mass is 19.1. The van der Waals surface area contributed by atoms with Gasteiger partial charge in [-0.1, -0.05) is 12.1 Å². The number of rotatable bonds is 3. The van der Waals surface area contributed by atoms with Crippen molar-refractivity contribution in [1.82, 2.24) is 24.6 Å². The maximum Gasteiger partial charge on any atom is 0.293 e. The zero-order chi connectivity index (χ0) is 20.7. The second-order valence-corrected chi connectivity index (χ2v) is 7.66. The molecule has 152 valence electrons. The molecular weight excluding hydrogens is 387 g/mol. The second-order valence-electron chi connectivity index (χ2n) is 7.66. The predicted octanol–water partition coefficient (Wildman–Crippen LogP) is 2.01. The van der Waals surface area contributed by atoms with Crippen molar-refractivity contribution in [2.24, 2.45) is 11.8 Å². The molecule has 2 aliphatic rings. The van der Waals surface area contributed by atoms with Crippen LogP contribution in [-0.4, -0.2) is 49.6 Å². The Morgan fingerprint density at radius 2 is 1.90 bits per heavy atom. The van der Waals surface area contributed by atoms with Crippen LogP contribution >= 0.6 is 0 Å². The van der Waals surface area contributed by atoms with Crippen LogP contribution in [0.25, 0.3) is 0 Å². The lowest BCUT2D eigenvalue weighted by Gasteiger charge is -2.25. The van der Waals surface area contributed by atoms with Crippen LogP contribution in [0.1, 0.15) is 26.9 Å². The van der Waals surface area contributed by atoms with Crippen LogP contribution in [0, 0.1) is 17.7 Å². The summed E-state index contributed by atoms with van der Waals surface area (Å²) in [4.78, 5) is 31.4. The summed E-state index contributed by atoms with van der Waals surface area (Å²) in [6.07, 6.45) is 2.26. The van der Waals surface area contributed by atoms with E-state index in [1.165, 1.54) is 18.2 Å². The number of hydrogen-bond donors (Lipinski definition) is 1. The van der Waals surface area contributed by atoms with Gasteiger partial charge in [0.05, 0.1) is 0 Å². The Bertz CT molecular complexity index is 1120. The molecule has 5 rings (SSSR count). The summed E-state index contributed by atoms with van der Waals surface area (Å²) in [6.45, 7) is 1.80. The SMILES string of the molecule is O=C(Nc1cccc(F)c1)c1nnc2n1CC1CN(C(=O)c3ccccn3)CC1C2. The summed E-state index contributed by atoms with van der Waals surface area (Å²) < 4.78 is 15.2. The van der Waals surface area contributed by atoms with Gasteiger partial charge in [-0.25, -0.2) is 4.39 Å². The second kappa shape index (κ2) is 7.33. The molecule has 9 heteroatoms. The van der Waals surface area contributed by atoms with E-state index in [0.29, 0.717) is 37.4 Å². The van der Waals surface area contributed by atoms with E-state index in [9.17, 15) is 14.0 Å². The van der Waals surface area contributed by atoms with Crippen LogP contribution in [0.4, 0.5) is 10.1 Å². The normalized spacial score (nSPS) is 19.8. The Morgan fingerprint density at radius 1 is 1.03 bits per heavy atom. The number of fused-ring (bicyclic) bond motifs is 2. The largest absolute Gasteiger partial charge is 0.337 e. The number of benzene rings is 1. The number of anilines is 1. The molecule has 30 heavy (non-hydrogen) atoms. The van der Waals surface area contributed by atoms with Crippen LogP contribution in [0.15, 0.2) is 48.7 Å². The molecule has 0 radical (unpaired) electrons. The molecule has 2 unspecified atom stereocenters. The van der Waals surface area contributed by atoms with E-state index in [4.69, 9.17) is 0 Å². The lowest BCUT2D eigenvalue weighted by Crippen LogP contribution is -2.31. The van der Waals surface area contributed by atoms with Crippen molar-refractivity contribution in [1.29, 1.82) is 0 Å². The van der Waals surface area contributed by atoms with Gasteiger partial charge in [0.25, 0.3) is 11.8 Å². The predicted molar refractivity (Wildman–Crippen MR) is 105 cm³/mol. The maximum atomic E-state index is 13.4. The Balaban J connectivity index is 1.31. The molecule has 2 atom stereocenters. The Labute approximate surface area is 171 Å². The first kappa shape index (κ1) is 18.4.